The zero-order valence-electron chi connectivity index (χ0n) is 13.1. The Morgan fingerprint density at radius 1 is 1.24 bits per heavy atom. The summed E-state index contributed by atoms with van der Waals surface area (Å²) in [4.78, 5) is 15.6. The summed E-state index contributed by atoms with van der Waals surface area (Å²) < 4.78 is 0. The van der Waals surface area contributed by atoms with Gasteiger partial charge in [0.1, 0.15) is 0 Å². The van der Waals surface area contributed by atoms with E-state index in [9.17, 15) is 4.79 Å². The van der Waals surface area contributed by atoms with Crippen molar-refractivity contribution < 1.29 is 9.90 Å². The van der Waals surface area contributed by atoms with Crippen molar-refractivity contribution in [2.24, 2.45) is 0 Å². The molecule has 0 saturated carbocycles. The van der Waals surface area contributed by atoms with Crippen LogP contribution in [0.15, 0.2) is 18.2 Å². The Balaban J connectivity index is 2.04. The molecule has 0 bridgehead atoms. The maximum absolute atomic E-state index is 10.9. The van der Waals surface area contributed by atoms with Crippen molar-refractivity contribution in [3.05, 3.63) is 29.3 Å². The Hall–Kier alpha value is -1.55. The summed E-state index contributed by atoms with van der Waals surface area (Å²) in [7, 11) is 0. The quantitative estimate of drug-likeness (QED) is 0.838. The van der Waals surface area contributed by atoms with Gasteiger partial charge in [-0.2, -0.15) is 0 Å². The van der Waals surface area contributed by atoms with Crippen LogP contribution in [0.3, 0.4) is 0 Å². The molecule has 1 N–H and O–H groups in total. The highest BCUT2D eigenvalue weighted by Crippen LogP contribution is 2.21. The monoisotopic (exact) mass is 290 g/mol. The molecular weight excluding hydrogens is 264 g/mol. The van der Waals surface area contributed by atoms with Gasteiger partial charge in [0.25, 0.3) is 0 Å². The van der Waals surface area contributed by atoms with E-state index >= 15 is 0 Å². The first-order valence-electron chi connectivity index (χ1n) is 7.82. The number of aryl methyl sites for hydroxylation is 2. The largest absolute Gasteiger partial charge is 0.481 e. The smallest absolute Gasteiger partial charge is 0.305 e. The van der Waals surface area contributed by atoms with E-state index in [-0.39, 0.29) is 6.42 Å². The van der Waals surface area contributed by atoms with Gasteiger partial charge in [-0.1, -0.05) is 17.7 Å². The van der Waals surface area contributed by atoms with Crippen molar-refractivity contribution in [1.82, 2.24) is 4.90 Å². The normalized spacial score (nSPS) is 15.3. The molecule has 1 aliphatic rings. The lowest BCUT2D eigenvalue weighted by molar-refractivity contribution is -0.136. The number of carboxylic acid groups (broad SMARTS) is 1. The molecule has 0 aromatic heterocycles. The van der Waals surface area contributed by atoms with Crippen LogP contribution < -0.4 is 4.90 Å². The highest BCUT2D eigenvalue weighted by molar-refractivity contribution is 5.68. The Labute approximate surface area is 127 Å². The first-order chi connectivity index (χ1) is 10.1. The summed E-state index contributed by atoms with van der Waals surface area (Å²) in [5, 5.41) is 8.97. The lowest BCUT2D eigenvalue weighted by Crippen LogP contribution is -2.35. The summed E-state index contributed by atoms with van der Waals surface area (Å²) in [5.74, 6) is -0.731. The molecule has 0 amide bonds. The molecule has 0 spiro atoms. The fraction of sp³-hybridized carbons (Fsp3) is 0.588. The van der Waals surface area contributed by atoms with Crippen LogP contribution in [0.2, 0.25) is 0 Å². The minimum atomic E-state index is -0.731. The van der Waals surface area contributed by atoms with E-state index in [1.807, 2.05) is 0 Å². The van der Waals surface area contributed by atoms with E-state index in [4.69, 9.17) is 5.11 Å². The Bertz CT molecular complexity index is 482. The molecule has 2 rings (SSSR count). The topological polar surface area (TPSA) is 43.8 Å². The van der Waals surface area contributed by atoms with Crippen LogP contribution >= 0.6 is 0 Å². The van der Waals surface area contributed by atoms with Crippen molar-refractivity contribution in [1.29, 1.82) is 0 Å². The molecular formula is C17H26N2O2. The summed E-state index contributed by atoms with van der Waals surface area (Å²) in [6.07, 6.45) is 2.77. The summed E-state index contributed by atoms with van der Waals surface area (Å²) >= 11 is 0. The van der Waals surface area contributed by atoms with Gasteiger partial charge in [-0.25, -0.2) is 0 Å². The number of hydrogen-bond donors (Lipinski definition) is 1. The maximum atomic E-state index is 10.9. The van der Waals surface area contributed by atoms with Gasteiger partial charge >= 0.3 is 5.97 Å². The molecule has 1 aromatic rings. The van der Waals surface area contributed by atoms with Crippen LogP contribution in [0.25, 0.3) is 0 Å². The number of nitrogens with zero attached hydrogens (tertiary/aromatic N) is 2. The molecule has 4 nitrogen and oxygen atoms in total. The number of aliphatic carboxylic acids is 1. The number of likely N-dealkylation sites (tertiary alicyclic amines) is 1. The zero-order valence-corrected chi connectivity index (χ0v) is 13.1. The van der Waals surface area contributed by atoms with Crippen LogP contribution in [-0.2, 0) is 4.79 Å². The van der Waals surface area contributed by atoms with E-state index in [0.29, 0.717) is 6.54 Å². The van der Waals surface area contributed by atoms with Gasteiger partial charge in [-0.05, 0) is 51.4 Å². The number of rotatable bonds is 7. The Morgan fingerprint density at radius 3 is 2.57 bits per heavy atom. The van der Waals surface area contributed by atoms with Gasteiger partial charge in [0.05, 0.1) is 6.42 Å². The molecule has 116 valence electrons. The van der Waals surface area contributed by atoms with Crippen molar-refractivity contribution in [2.75, 3.05) is 37.6 Å². The molecule has 0 radical (unpaired) electrons. The predicted molar refractivity (Wildman–Crippen MR) is 86.1 cm³/mol. The number of hydrogen-bond acceptors (Lipinski definition) is 3. The maximum Gasteiger partial charge on any atom is 0.305 e. The molecule has 1 fully saturated rings. The van der Waals surface area contributed by atoms with Crippen LogP contribution in [0.4, 0.5) is 5.69 Å². The molecule has 4 heteroatoms. The van der Waals surface area contributed by atoms with Crippen LogP contribution in [0, 0.1) is 13.8 Å². The van der Waals surface area contributed by atoms with E-state index in [1.54, 1.807) is 0 Å². The number of benzene rings is 1. The van der Waals surface area contributed by atoms with Crippen molar-refractivity contribution in [2.45, 2.75) is 33.1 Å². The molecule has 1 aromatic carbocycles. The highest BCUT2D eigenvalue weighted by Gasteiger charge is 2.15. The molecule has 1 saturated heterocycles. The third kappa shape index (κ3) is 4.74. The van der Waals surface area contributed by atoms with Gasteiger partial charge < -0.3 is 14.9 Å². The lowest BCUT2D eigenvalue weighted by Gasteiger charge is -2.28. The van der Waals surface area contributed by atoms with Gasteiger partial charge in [0.2, 0.25) is 0 Å². The van der Waals surface area contributed by atoms with Gasteiger partial charge in [0.15, 0.2) is 0 Å². The SMILES string of the molecule is Cc1ccc(N(CCC(=O)O)CCN2CCCC2)c(C)c1. The second kappa shape index (κ2) is 7.46. The summed E-state index contributed by atoms with van der Waals surface area (Å²) in [5.41, 5.74) is 3.64. The third-order valence-corrected chi connectivity index (χ3v) is 4.17. The number of carbonyl (C=O) groups is 1. The minimum Gasteiger partial charge on any atom is -0.481 e. The van der Waals surface area contributed by atoms with Crippen LogP contribution in [0.5, 0.6) is 0 Å². The van der Waals surface area contributed by atoms with Gasteiger partial charge in [-0.3, -0.25) is 4.79 Å². The highest BCUT2D eigenvalue weighted by atomic mass is 16.4. The first kappa shape index (κ1) is 15.8. The summed E-state index contributed by atoms with van der Waals surface area (Å²) in [6, 6.07) is 6.39. The second-order valence-electron chi connectivity index (χ2n) is 5.97. The van der Waals surface area contributed by atoms with Crippen molar-refractivity contribution >= 4 is 11.7 Å². The molecule has 0 unspecified atom stereocenters. The molecule has 1 aliphatic heterocycles. The van der Waals surface area contributed by atoms with E-state index in [2.05, 4.69) is 41.8 Å². The minimum absolute atomic E-state index is 0.188. The Morgan fingerprint density at radius 2 is 1.95 bits per heavy atom. The zero-order chi connectivity index (χ0) is 15.2. The molecule has 21 heavy (non-hydrogen) atoms. The van der Waals surface area contributed by atoms with Gasteiger partial charge in [-0.15, -0.1) is 0 Å². The molecule has 1 heterocycles. The molecule has 0 atom stereocenters. The van der Waals surface area contributed by atoms with Gasteiger partial charge in [0, 0.05) is 25.3 Å². The second-order valence-corrected chi connectivity index (χ2v) is 5.97. The lowest BCUT2D eigenvalue weighted by atomic mass is 10.1. The fourth-order valence-electron chi connectivity index (χ4n) is 3.01. The van der Waals surface area contributed by atoms with Crippen molar-refractivity contribution in [3.8, 4) is 0 Å². The molecule has 0 aliphatic carbocycles. The van der Waals surface area contributed by atoms with Crippen molar-refractivity contribution in [3.63, 3.8) is 0 Å². The van der Waals surface area contributed by atoms with E-state index in [1.165, 1.54) is 42.7 Å². The fourth-order valence-corrected chi connectivity index (χ4v) is 3.01. The van der Waals surface area contributed by atoms with E-state index < -0.39 is 5.97 Å². The average Bonchev–Trinajstić information content (AvgIpc) is 2.93. The predicted octanol–water partition coefficient (Wildman–Crippen LogP) is 2.68. The van der Waals surface area contributed by atoms with Crippen LogP contribution in [0.1, 0.15) is 30.4 Å². The number of carboxylic acids is 1. The first-order valence-corrected chi connectivity index (χ1v) is 7.82. The van der Waals surface area contributed by atoms with E-state index in [0.717, 1.165) is 13.1 Å². The average molecular weight is 290 g/mol. The Kier molecular flexibility index (Phi) is 5.62. The van der Waals surface area contributed by atoms with Crippen LogP contribution in [-0.4, -0.2) is 48.7 Å². The number of anilines is 1. The summed E-state index contributed by atoms with van der Waals surface area (Å²) in [6.45, 7) is 9.05. The third-order valence-electron chi connectivity index (χ3n) is 4.17. The standard InChI is InChI=1S/C17H26N2O2/c1-14-5-6-16(15(2)13-14)19(10-7-17(20)21)12-11-18-8-3-4-9-18/h5-6,13H,3-4,7-12H2,1-2H3,(H,20,21).